The Labute approximate surface area is 113 Å². The first-order valence-electron chi connectivity index (χ1n) is 6.31. The molecule has 1 aliphatic heterocycles. The van der Waals surface area contributed by atoms with E-state index in [9.17, 15) is 18.0 Å². The summed E-state index contributed by atoms with van der Waals surface area (Å²) in [4.78, 5) is 24.4. The Morgan fingerprint density at radius 3 is 2.16 bits per heavy atom. The van der Waals surface area contributed by atoms with Crippen molar-refractivity contribution in [2.75, 3.05) is 18.8 Å². The number of nitrogens with zero attached hydrogens (tertiary/aromatic N) is 1. The average Bonchev–Trinajstić information content (AvgIpc) is 2.28. The zero-order chi connectivity index (χ0) is 14.8. The maximum absolute atomic E-state index is 12.0. The van der Waals surface area contributed by atoms with Gasteiger partial charge in [-0.15, -0.1) is 0 Å². The van der Waals surface area contributed by atoms with E-state index in [1.807, 2.05) is 0 Å². The molecule has 0 aromatic heterocycles. The van der Waals surface area contributed by atoms with Crippen molar-refractivity contribution in [3.8, 4) is 0 Å². The smallest absolute Gasteiger partial charge is 0.324 e. The molecule has 7 heteroatoms. The Morgan fingerprint density at radius 2 is 1.74 bits per heavy atom. The highest BCUT2D eigenvalue weighted by Crippen LogP contribution is 2.20. The summed E-state index contributed by atoms with van der Waals surface area (Å²) < 4.78 is 22.0. The summed E-state index contributed by atoms with van der Waals surface area (Å²) in [6, 6.07) is 0. The minimum atomic E-state index is -4.01. The second-order valence-electron chi connectivity index (χ2n) is 5.64. The lowest BCUT2D eigenvalue weighted by Gasteiger charge is -2.31. The van der Waals surface area contributed by atoms with E-state index in [0.717, 1.165) is 26.7 Å². The third-order valence-corrected chi connectivity index (χ3v) is 6.10. The Bertz CT molecular complexity index is 461. The number of carboxylic acids is 1. The van der Waals surface area contributed by atoms with E-state index in [2.05, 4.69) is 6.92 Å². The number of hydrogen-bond acceptors (Lipinski definition) is 4. The molecular formula is C12H21NO5S. The summed E-state index contributed by atoms with van der Waals surface area (Å²) >= 11 is 0. The largest absolute Gasteiger partial charge is 0.480 e. The first-order valence-corrected chi connectivity index (χ1v) is 7.96. The molecule has 0 aromatic carbocycles. The normalized spacial score (nSPS) is 18.4. The highest BCUT2D eigenvalue weighted by Gasteiger charge is 2.43. The zero-order valence-electron chi connectivity index (χ0n) is 11.5. The van der Waals surface area contributed by atoms with Crippen molar-refractivity contribution in [1.29, 1.82) is 0 Å². The molecular weight excluding hydrogens is 270 g/mol. The molecule has 1 amide bonds. The molecule has 6 nitrogen and oxygen atoms in total. The van der Waals surface area contributed by atoms with Gasteiger partial charge < -0.3 is 10.0 Å². The molecule has 1 heterocycles. The Morgan fingerprint density at radius 1 is 1.26 bits per heavy atom. The van der Waals surface area contributed by atoms with Crippen LogP contribution in [0.1, 0.15) is 33.6 Å². The molecule has 0 bridgehead atoms. The van der Waals surface area contributed by atoms with Crippen LogP contribution in [0.5, 0.6) is 0 Å². The topological polar surface area (TPSA) is 91.8 Å². The van der Waals surface area contributed by atoms with Crippen LogP contribution in [-0.4, -0.2) is 53.9 Å². The molecule has 0 atom stereocenters. The van der Waals surface area contributed by atoms with E-state index in [-0.39, 0.29) is 0 Å². The van der Waals surface area contributed by atoms with Crippen LogP contribution in [0.3, 0.4) is 0 Å². The molecule has 0 aliphatic carbocycles. The quantitative estimate of drug-likeness (QED) is 0.815. The van der Waals surface area contributed by atoms with Crippen LogP contribution in [0.25, 0.3) is 0 Å². The van der Waals surface area contributed by atoms with Gasteiger partial charge in [-0.25, -0.2) is 8.42 Å². The molecule has 0 spiro atoms. The maximum Gasteiger partial charge on any atom is 0.324 e. The number of likely N-dealkylation sites (tertiary alicyclic amines) is 1. The van der Waals surface area contributed by atoms with Crippen LogP contribution in [0.2, 0.25) is 0 Å². The summed E-state index contributed by atoms with van der Waals surface area (Å²) in [6.07, 6.45) is 1.71. The lowest BCUT2D eigenvalue weighted by molar-refractivity contribution is -0.139. The fraction of sp³-hybridized carbons (Fsp3) is 0.833. The fourth-order valence-electron chi connectivity index (χ4n) is 1.83. The van der Waals surface area contributed by atoms with Crippen molar-refractivity contribution >= 4 is 21.7 Å². The van der Waals surface area contributed by atoms with Crippen LogP contribution in [0, 0.1) is 5.92 Å². The van der Waals surface area contributed by atoms with Gasteiger partial charge in [-0.2, -0.15) is 0 Å². The van der Waals surface area contributed by atoms with Gasteiger partial charge in [0.25, 0.3) is 0 Å². The number of amides is 1. The van der Waals surface area contributed by atoms with E-state index >= 15 is 0 Å². The highest BCUT2D eigenvalue weighted by atomic mass is 32.2. The monoisotopic (exact) mass is 291 g/mol. The van der Waals surface area contributed by atoms with Crippen LogP contribution in [0.15, 0.2) is 0 Å². The minimum absolute atomic E-state index is 0.499. The lowest BCUT2D eigenvalue weighted by Crippen LogP contribution is -2.47. The number of piperidine rings is 1. The van der Waals surface area contributed by atoms with Crippen molar-refractivity contribution in [2.24, 2.45) is 5.92 Å². The van der Waals surface area contributed by atoms with Crippen molar-refractivity contribution in [3.63, 3.8) is 0 Å². The number of carbonyl (C=O) groups is 2. The number of rotatable bonds is 4. The lowest BCUT2D eigenvalue weighted by atomic mass is 9.99. The highest BCUT2D eigenvalue weighted by molar-refractivity contribution is 7.94. The van der Waals surface area contributed by atoms with Crippen LogP contribution in [0.4, 0.5) is 0 Å². The van der Waals surface area contributed by atoms with E-state index in [1.165, 1.54) is 4.90 Å². The molecule has 110 valence electrons. The number of hydrogen-bond donors (Lipinski definition) is 1. The summed E-state index contributed by atoms with van der Waals surface area (Å²) in [7, 11) is -4.01. The summed E-state index contributed by atoms with van der Waals surface area (Å²) in [5.41, 5.74) is 0. The number of aliphatic carboxylic acids is 1. The summed E-state index contributed by atoms with van der Waals surface area (Å²) in [5.74, 6) is -2.13. The number of carboxylic acid groups (broad SMARTS) is 1. The third-order valence-electron chi connectivity index (χ3n) is 3.74. The van der Waals surface area contributed by atoms with Gasteiger partial charge in [0, 0.05) is 13.1 Å². The predicted octanol–water partition coefficient (Wildman–Crippen LogP) is 0.523. The second-order valence-corrected chi connectivity index (χ2v) is 8.18. The molecule has 1 fully saturated rings. The summed E-state index contributed by atoms with van der Waals surface area (Å²) in [6.45, 7) is 5.39. The van der Waals surface area contributed by atoms with Crippen LogP contribution in [-0.2, 0) is 19.4 Å². The molecule has 0 unspecified atom stereocenters. The molecule has 1 aliphatic rings. The summed E-state index contributed by atoms with van der Waals surface area (Å²) in [5, 5.41) is 8.93. The zero-order valence-corrected chi connectivity index (χ0v) is 12.4. The van der Waals surface area contributed by atoms with E-state index in [0.29, 0.717) is 19.0 Å². The van der Waals surface area contributed by atoms with E-state index in [4.69, 9.17) is 5.11 Å². The first kappa shape index (κ1) is 15.9. The van der Waals surface area contributed by atoms with Gasteiger partial charge in [0.15, 0.2) is 14.6 Å². The van der Waals surface area contributed by atoms with Gasteiger partial charge in [0.1, 0.15) is 5.75 Å². The second kappa shape index (κ2) is 5.48. The fourth-order valence-corrected chi connectivity index (χ4v) is 2.96. The maximum atomic E-state index is 12.0. The standard InChI is InChI=1S/C12H21NO5S/c1-9-4-6-13(7-5-9)10(14)8-19(17,18)12(2,3)11(15)16/h9H,4-8H2,1-3H3,(H,15,16). The third kappa shape index (κ3) is 3.46. The van der Waals surface area contributed by atoms with Gasteiger partial charge in [-0.1, -0.05) is 6.92 Å². The number of sulfone groups is 1. The van der Waals surface area contributed by atoms with Gasteiger partial charge in [-0.3, -0.25) is 9.59 Å². The average molecular weight is 291 g/mol. The van der Waals surface area contributed by atoms with Crippen molar-refractivity contribution in [1.82, 2.24) is 4.90 Å². The van der Waals surface area contributed by atoms with E-state index < -0.39 is 32.2 Å². The van der Waals surface area contributed by atoms with Gasteiger partial charge in [0.05, 0.1) is 0 Å². The molecule has 0 saturated carbocycles. The van der Waals surface area contributed by atoms with Crippen molar-refractivity contribution < 1.29 is 23.1 Å². The Balaban J connectivity index is 2.74. The SMILES string of the molecule is CC1CCN(C(=O)CS(=O)(=O)C(C)(C)C(=O)O)CC1. The van der Waals surface area contributed by atoms with Gasteiger partial charge >= 0.3 is 5.97 Å². The molecule has 0 aromatic rings. The molecule has 1 rings (SSSR count). The molecule has 1 saturated heterocycles. The van der Waals surface area contributed by atoms with Gasteiger partial charge in [-0.05, 0) is 32.6 Å². The van der Waals surface area contributed by atoms with E-state index in [1.54, 1.807) is 0 Å². The Hall–Kier alpha value is -1.11. The van der Waals surface area contributed by atoms with Crippen LogP contribution < -0.4 is 0 Å². The minimum Gasteiger partial charge on any atom is -0.480 e. The van der Waals surface area contributed by atoms with Crippen molar-refractivity contribution in [2.45, 2.75) is 38.4 Å². The predicted molar refractivity (Wildman–Crippen MR) is 70.5 cm³/mol. The van der Waals surface area contributed by atoms with Crippen LogP contribution >= 0.6 is 0 Å². The molecule has 1 N–H and O–H groups in total. The molecule has 19 heavy (non-hydrogen) atoms. The van der Waals surface area contributed by atoms with Crippen molar-refractivity contribution in [3.05, 3.63) is 0 Å². The van der Waals surface area contributed by atoms with Gasteiger partial charge in [0.2, 0.25) is 5.91 Å². The number of carbonyl (C=O) groups excluding carboxylic acids is 1. The first-order chi connectivity index (χ1) is 8.58. The molecule has 0 radical (unpaired) electrons. The Kier molecular flexibility index (Phi) is 4.60.